The molecule has 1 aliphatic carbocycles. The van der Waals surface area contributed by atoms with Crippen LogP contribution in [-0.2, 0) is 0 Å². The number of hydrogen-bond donors (Lipinski definition) is 2. The van der Waals surface area contributed by atoms with Gasteiger partial charge in [0.05, 0.1) is 6.61 Å². The Labute approximate surface area is 116 Å². The van der Waals surface area contributed by atoms with Crippen molar-refractivity contribution in [3.63, 3.8) is 0 Å². The molecular weight excluding hydrogens is 238 g/mol. The summed E-state index contributed by atoms with van der Waals surface area (Å²) in [5.74, 6) is 1.61. The maximum absolute atomic E-state index is 9.75. The van der Waals surface area contributed by atoms with Crippen molar-refractivity contribution < 1.29 is 5.11 Å². The summed E-state index contributed by atoms with van der Waals surface area (Å²) in [5, 5.41) is 13.3. The average Bonchev–Trinajstić information content (AvgIpc) is 3.03. The van der Waals surface area contributed by atoms with Crippen LogP contribution in [-0.4, -0.2) is 33.3 Å². The van der Waals surface area contributed by atoms with Gasteiger partial charge in [0.25, 0.3) is 0 Å². The van der Waals surface area contributed by atoms with Crippen molar-refractivity contribution in [3.05, 3.63) is 18.2 Å². The zero-order valence-electron chi connectivity index (χ0n) is 12.4. The first-order valence-corrected chi connectivity index (χ1v) is 7.50. The number of imidazole rings is 1. The first-order valence-electron chi connectivity index (χ1n) is 7.50. The Balaban J connectivity index is 2.10. The third-order valence-electron chi connectivity index (χ3n) is 4.24. The topological polar surface area (TPSA) is 50.1 Å². The summed E-state index contributed by atoms with van der Waals surface area (Å²) in [6.07, 6.45) is 8.26. The molecule has 0 spiro atoms. The van der Waals surface area contributed by atoms with E-state index in [4.69, 9.17) is 0 Å². The Morgan fingerprint density at radius 3 is 3.00 bits per heavy atom. The highest BCUT2D eigenvalue weighted by atomic mass is 16.3. The van der Waals surface area contributed by atoms with Gasteiger partial charge < -0.3 is 15.0 Å². The maximum Gasteiger partial charge on any atom is 0.111 e. The molecule has 0 aliphatic heterocycles. The standard InChI is InChI=1S/C15H27N3O/c1-4-7-17-15(11-19)6-5-13(10-15)18-9-8-16-14(18)12(2)3/h8-9,12-13,17,19H,4-7,10-11H2,1-3H3. The van der Waals surface area contributed by atoms with Gasteiger partial charge in [0, 0.05) is 29.9 Å². The minimum absolute atomic E-state index is 0.0841. The number of nitrogens with one attached hydrogen (secondary N) is 1. The molecule has 1 saturated carbocycles. The van der Waals surface area contributed by atoms with E-state index in [1.807, 2.05) is 6.20 Å². The lowest BCUT2D eigenvalue weighted by Gasteiger charge is -2.29. The molecule has 1 heterocycles. The van der Waals surface area contributed by atoms with Gasteiger partial charge in [-0.2, -0.15) is 0 Å². The average molecular weight is 265 g/mol. The van der Waals surface area contributed by atoms with E-state index < -0.39 is 0 Å². The summed E-state index contributed by atoms with van der Waals surface area (Å²) in [7, 11) is 0. The second-order valence-corrected chi connectivity index (χ2v) is 6.11. The Kier molecular flexibility index (Phi) is 4.63. The highest BCUT2D eigenvalue weighted by Crippen LogP contribution is 2.38. The van der Waals surface area contributed by atoms with E-state index in [0.717, 1.165) is 38.1 Å². The van der Waals surface area contributed by atoms with Crippen molar-refractivity contribution in [1.29, 1.82) is 0 Å². The molecule has 0 amide bonds. The molecule has 2 unspecified atom stereocenters. The highest BCUT2D eigenvalue weighted by Gasteiger charge is 2.39. The summed E-state index contributed by atoms with van der Waals surface area (Å²) < 4.78 is 2.32. The number of rotatable bonds is 6. The fourth-order valence-corrected chi connectivity index (χ4v) is 3.17. The molecule has 1 aromatic heterocycles. The molecule has 1 aromatic rings. The van der Waals surface area contributed by atoms with E-state index >= 15 is 0 Å². The summed E-state index contributed by atoms with van der Waals surface area (Å²) in [4.78, 5) is 4.48. The van der Waals surface area contributed by atoms with Crippen molar-refractivity contribution in [2.45, 2.75) is 64.0 Å². The predicted molar refractivity (Wildman–Crippen MR) is 77.3 cm³/mol. The Hall–Kier alpha value is -0.870. The third kappa shape index (κ3) is 3.00. The lowest BCUT2D eigenvalue weighted by Crippen LogP contribution is -2.46. The van der Waals surface area contributed by atoms with Gasteiger partial charge >= 0.3 is 0 Å². The Morgan fingerprint density at radius 1 is 1.58 bits per heavy atom. The fraction of sp³-hybridized carbons (Fsp3) is 0.800. The van der Waals surface area contributed by atoms with Gasteiger partial charge in [-0.25, -0.2) is 4.98 Å². The van der Waals surface area contributed by atoms with E-state index in [2.05, 4.69) is 41.8 Å². The quantitative estimate of drug-likeness (QED) is 0.830. The summed E-state index contributed by atoms with van der Waals surface area (Å²) >= 11 is 0. The molecule has 0 radical (unpaired) electrons. The molecule has 108 valence electrons. The van der Waals surface area contributed by atoms with Gasteiger partial charge in [0.15, 0.2) is 0 Å². The van der Waals surface area contributed by atoms with Crippen LogP contribution in [0.4, 0.5) is 0 Å². The van der Waals surface area contributed by atoms with E-state index in [1.165, 1.54) is 0 Å². The molecule has 2 rings (SSSR count). The molecule has 0 saturated heterocycles. The molecule has 2 atom stereocenters. The van der Waals surface area contributed by atoms with Crippen molar-refractivity contribution in [3.8, 4) is 0 Å². The van der Waals surface area contributed by atoms with Crippen LogP contribution in [0.15, 0.2) is 12.4 Å². The Bertz CT molecular complexity index is 402. The summed E-state index contributed by atoms with van der Waals surface area (Å²) in [5.41, 5.74) is -0.0841. The fourth-order valence-electron chi connectivity index (χ4n) is 3.17. The van der Waals surface area contributed by atoms with Gasteiger partial charge in [0.2, 0.25) is 0 Å². The molecule has 2 N–H and O–H groups in total. The highest BCUT2D eigenvalue weighted by molar-refractivity contribution is 5.05. The van der Waals surface area contributed by atoms with Crippen molar-refractivity contribution in [2.24, 2.45) is 0 Å². The van der Waals surface area contributed by atoms with E-state index in [-0.39, 0.29) is 12.1 Å². The Morgan fingerprint density at radius 2 is 2.37 bits per heavy atom. The largest absolute Gasteiger partial charge is 0.394 e. The van der Waals surface area contributed by atoms with Crippen LogP contribution in [0.5, 0.6) is 0 Å². The SMILES string of the molecule is CCCNC1(CO)CCC(n2ccnc2C(C)C)C1. The smallest absolute Gasteiger partial charge is 0.111 e. The zero-order chi connectivity index (χ0) is 13.9. The van der Waals surface area contributed by atoms with Gasteiger partial charge in [0.1, 0.15) is 5.82 Å². The molecule has 1 aliphatic rings. The maximum atomic E-state index is 9.75. The zero-order valence-corrected chi connectivity index (χ0v) is 12.4. The van der Waals surface area contributed by atoms with Crippen LogP contribution in [0, 0.1) is 0 Å². The minimum atomic E-state index is -0.0841. The molecular formula is C15H27N3O. The van der Waals surface area contributed by atoms with Gasteiger partial charge in [-0.05, 0) is 32.2 Å². The molecule has 4 heteroatoms. The van der Waals surface area contributed by atoms with Crippen LogP contribution in [0.2, 0.25) is 0 Å². The molecule has 1 fully saturated rings. The molecule has 0 aromatic carbocycles. The van der Waals surface area contributed by atoms with Crippen molar-refractivity contribution in [1.82, 2.24) is 14.9 Å². The third-order valence-corrected chi connectivity index (χ3v) is 4.24. The van der Waals surface area contributed by atoms with Crippen LogP contribution >= 0.6 is 0 Å². The van der Waals surface area contributed by atoms with E-state index in [0.29, 0.717) is 12.0 Å². The number of aliphatic hydroxyl groups is 1. The number of aliphatic hydroxyl groups excluding tert-OH is 1. The monoisotopic (exact) mass is 265 g/mol. The van der Waals surface area contributed by atoms with Crippen molar-refractivity contribution >= 4 is 0 Å². The first kappa shape index (κ1) is 14.5. The minimum Gasteiger partial charge on any atom is -0.394 e. The van der Waals surface area contributed by atoms with Gasteiger partial charge in [-0.1, -0.05) is 20.8 Å². The molecule has 4 nitrogen and oxygen atoms in total. The van der Waals surface area contributed by atoms with Gasteiger partial charge in [-0.15, -0.1) is 0 Å². The number of hydrogen-bond acceptors (Lipinski definition) is 3. The molecule has 0 bridgehead atoms. The van der Waals surface area contributed by atoms with Crippen molar-refractivity contribution in [2.75, 3.05) is 13.2 Å². The summed E-state index contributed by atoms with van der Waals surface area (Å²) in [6.45, 7) is 7.74. The van der Waals surface area contributed by atoms with E-state index in [9.17, 15) is 5.11 Å². The number of aromatic nitrogens is 2. The lowest BCUT2D eigenvalue weighted by atomic mass is 9.98. The second-order valence-electron chi connectivity index (χ2n) is 6.11. The summed E-state index contributed by atoms with van der Waals surface area (Å²) in [6, 6.07) is 0.469. The van der Waals surface area contributed by atoms with Crippen LogP contribution in [0.3, 0.4) is 0 Å². The van der Waals surface area contributed by atoms with Gasteiger partial charge in [-0.3, -0.25) is 0 Å². The lowest BCUT2D eigenvalue weighted by molar-refractivity contribution is 0.160. The number of nitrogens with zero attached hydrogens (tertiary/aromatic N) is 2. The second kappa shape index (κ2) is 6.06. The predicted octanol–water partition coefficient (Wildman–Crippen LogP) is 2.46. The van der Waals surface area contributed by atoms with Crippen LogP contribution in [0.25, 0.3) is 0 Å². The van der Waals surface area contributed by atoms with E-state index in [1.54, 1.807) is 0 Å². The van der Waals surface area contributed by atoms with Crippen LogP contribution in [0.1, 0.15) is 64.2 Å². The molecule has 19 heavy (non-hydrogen) atoms. The van der Waals surface area contributed by atoms with Crippen LogP contribution < -0.4 is 5.32 Å². The normalized spacial score (nSPS) is 27.3. The first-order chi connectivity index (χ1) is 9.12.